The van der Waals surface area contributed by atoms with Gasteiger partial charge in [0.2, 0.25) is 17.7 Å². The van der Waals surface area contributed by atoms with Gasteiger partial charge in [0.15, 0.2) is 0 Å². The summed E-state index contributed by atoms with van der Waals surface area (Å²) in [5, 5.41) is 0. The predicted octanol–water partition coefficient (Wildman–Crippen LogP) is 3.36. The highest BCUT2D eigenvalue weighted by Crippen LogP contribution is 2.46. The summed E-state index contributed by atoms with van der Waals surface area (Å²) in [7, 11) is 0. The zero-order valence-corrected chi connectivity index (χ0v) is 17.1. The zero-order valence-electron chi connectivity index (χ0n) is 17.1. The van der Waals surface area contributed by atoms with Crippen LogP contribution in [0.15, 0.2) is 12.1 Å². The highest BCUT2D eigenvalue weighted by atomic mass is 16.2. The van der Waals surface area contributed by atoms with Crippen LogP contribution in [-0.4, -0.2) is 37.4 Å². The van der Waals surface area contributed by atoms with Crippen LogP contribution in [0.25, 0.3) is 0 Å². The predicted molar refractivity (Wildman–Crippen MR) is 110 cm³/mol. The van der Waals surface area contributed by atoms with Crippen LogP contribution < -0.4 is 14.7 Å². The molecule has 3 saturated heterocycles. The summed E-state index contributed by atoms with van der Waals surface area (Å²) in [5.74, 6) is 0.264. The van der Waals surface area contributed by atoms with Gasteiger partial charge in [0.1, 0.15) is 0 Å². The fraction of sp³-hybridized carbons (Fsp3) is 0.591. The van der Waals surface area contributed by atoms with Crippen molar-refractivity contribution in [3.05, 3.63) is 17.7 Å². The molecule has 3 aliphatic heterocycles. The molecule has 0 aliphatic carbocycles. The number of benzene rings is 1. The molecule has 0 aromatic heterocycles. The van der Waals surface area contributed by atoms with Crippen LogP contribution in [0.3, 0.4) is 0 Å². The van der Waals surface area contributed by atoms with Crippen molar-refractivity contribution in [1.29, 1.82) is 0 Å². The maximum atomic E-state index is 12.7. The highest BCUT2D eigenvalue weighted by molar-refractivity contribution is 6.10. The fourth-order valence-electron chi connectivity index (χ4n) is 4.42. The summed E-state index contributed by atoms with van der Waals surface area (Å²) in [6, 6.07) is 4.13. The standard InChI is InChI=1S/C22H29N3O3/c1-22(2,3)15-13-16(23-10-4-7-18(23)26)21(25-12-6-9-20(25)28)17(14-15)24-11-5-8-19(24)27/h13-14H,4-12H2,1-3H3. The lowest BCUT2D eigenvalue weighted by molar-refractivity contribution is -0.118. The third kappa shape index (κ3) is 3.19. The number of hydrogen-bond donors (Lipinski definition) is 0. The maximum absolute atomic E-state index is 12.7. The van der Waals surface area contributed by atoms with E-state index in [1.54, 1.807) is 4.90 Å². The minimum Gasteiger partial charge on any atom is -0.310 e. The minimum absolute atomic E-state index is 0.0734. The second-order valence-corrected chi connectivity index (χ2v) is 9.06. The van der Waals surface area contributed by atoms with Gasteiger partial charge in [-0.15, -0.1) is 0 Å². The first kappa shape index (κ1) is 19.0. The van der Waals surface area contributed by atoms with E-state index in [0.29, 0.717) is 38.9 Å². The first-order valence-electron chi connectivity index (χ1n) is 10.4. The third-order valence-corrected chi connectivity index (χ3v) is 6.01. The highest BCUT2D eigenvalue weighted by Gasteiger charge is 2.36. The van der Waals surface area contributed by atoms with Crippen LogP contribution in [0.5, 0.6) is 0 Å². The molecule has 6 heteroatoms. The smallest absolute Gasteiger partial charge is 0.227 e. The Morgan fingerprint density at radius 1 is 0.679 bits per heavy atom. The minimum atomic E-state index is -0.136. The lowest BCUT2D eigenvalue weighted by Gasteiger charge is -2.33. The Hall–Kier alpha value is -2.37. The van der Waals surface area contributed by atoms with Gasteiger partial charge in [-0.3, -0.25) is 14.4 Å². The van der Waals surface area contributed by atoms with E-state index in [4.69, 9.17) is 0 Å². The van der Waals surface area contributed by atoms with E-state index >= 15 is 0 Å². The third-order valence-electron chi connectivity index (χ3n) is 6.01. The fourth-order valence-corrected chi connectivity index (χ4v) is 4.42. The van der Waals surface area contributed by atoms with Gasteiger partial charge >= 0.3 is 0 Å². The van der Waals surface area contributed by atoms with Gasteiger partial charge in [-0.05, 0) is 42.4 Å². The molecule has 1 aromatic rings. The maximum Gasteiger partial charge on any atom is 0.227 e. The molecule has 0 bridgehead atoms. The van der Waals surface area contributed by atoms with Crippen molar-refractivity contribution in [2.45, 2.75) is 64.7 Å². The molecule has 3 amide bonds. The first-order valence-corrected chi connectivity index (χ1v) is 10.4. The Labute approximate surface area is 166 Å². The Kier molecular flexibility index (Phi) is 4.68. The van der Waals surface area contributed by atoms with E-state index in [1.165, 1.54) is 0 Å². The van der Waals surface area contributed by atoms with E-state index in [-0.39, 0.29) is 23.1 Å². The number of carbonyl (C=O) groups is 3. The molecule has 3 aliphatic rings. The lowest BCUT2D eigenvalue weighted by Crippen LogP contribution is -2.34. The molecule has 3 fully saturated rings. The molecular weight excluding hydrogens is 354 g/mol. The van der Waals surface area contributed by atoms with Gasteiger partial charge < -0.3 is 14.7 Å². The van der Waals surface area contributed by atoms with E-state index in [0.717, 1.165) is 41.9 Å². The molecule has 0 unspecified atom stereocenters. The van der Waals surface area contributed by atoms with Gasteiger partial charge in [0, 0.05) is 38.9 Å². The van der Waals surface area contributed by atoms with E-state index in [2.05, 4.69) is 32.9 Å². The van der Waals surface area contributed by atoms with Crippen molar-refractivity contribution in [1.82, 2.24) is 0 Å². The zero-order chi connectivity index (χ0) is 20.1. The van der Waals surface area contributed by atoms with Crippen molar-refractivity contribution in [2.24, 2.45) is 0 Å². The molecule has 4 rings (SSSR count). The number of carbonyl (C=O) groups excluding carboxylic acids is 3. The van der Waals surface area contributed by atoms with E-state index < -0.39 is 0 Å². The molecule has 1 aromatic carbocycles. The SMILES string of the molecule is CC(C)(C)c1cc(N2CCCC2=O)c(N2CCCC2=O)c(N2CCCC2=O)c1. The number of rotatable bonds is 3. The number of hydrogen-bond acceptors (Lipinski definition) is 3. The van der Waals surface area contributed by atoms with Crippen molar-refractivity contribution >= 4 is 34.8 Å². The van der Waals surface area contributed by atoms with Crippen LogP contribution >= 0.6 is 0 Å². The largest absolute Gasteiger partial charge is 0.310 e. The average Bonchev–Trinajstić information content (AvgIpc) is 3.34. The normalized spacial score (nSPS) is 20.8. The average molecular weight is 383 g/mol. The molecular formula is C22H29N3O3. The van der Waals surface area contributed by atoms with Crippen molar-refractivity contribution in [3.8, 4) is 0 Å². The summed E-state index contributed by atoms with van der Waals surface area (Å²) in [6.07, 6.45) is 4.03. The van der Waals surface area contributed by atoms with Crippen molar-refractivity contribution in [3.63, 3.8) is 0 Å². The second-order valence-electron chi connectivity index (χ2n) is 9.06. The van der Waals surface area contributed by atoms with Gasteiger partial charge in [-0.1, -0.05) is 20.8 Å². The summed E-state index contributed by atoms with van der Waals surface area (Å²) >= 11 is 0. The monoisotopic (exact) mass is 383 g/mol. The van der Waals surface area contributed by atoms with Crippen LogP contribution in [0.1, 0.15) is 64.9 Å². The Balaban J connectivity index is 1.97. The Morgan fingerprint density at radius 3 is 1.39 bits per heavy atom. The molecule has 0 saturated carbocycles. The summed E-state index contributed by atoms with van der Waals surface area (Å²) in [4.78, 5) is 43.4. The topological polar surface area (TPSA) is 60.9 Å². The molecule has 28 heavy (non-hydrogen) atoms. The van der Waals surface area contributed by atoms with Crippen LogP contribution in [0.2, 0.25) is 0 Å². The van der Waals surface area contributed by atoms with Crippen LogP contribution in [0.4, 0.5) is 17.1 Å². The lowest BCUT2D eigenvalue weighted by atomic mass is 9.85. The molecule has 0 spiro atoms. The molecule has 150 valence electrons. The molecule has 0 N–H and O–H groups in total. The Bertz CT molecular complexity index is 793. The first-order chi connectivity index (χ1) is 13.3. The molecule has 3 heterocycles. The van der Waals surface area contributed by atoms with Gasteiger partial charge in [-0.25, -0.2) is 0 Å². The van der Waals surface area contributed by atoms with Gasteiger partial charge in [0.05, 0.1) is 17.1 Å². The quantitative estimate of drug-likeness (QED) is 0.804. The van der Waals surface area contributed by atoms with Crippen LogP contribution in [0, 0.1) is 0 Å². The summed E-state index contributed by atoms with van der Waals surface area (Å²) in [5.41, 5.74) is 3.27. The van der Waals surface area contributed by atoms with Gasteiger partial charge in [0.25, 0.3) is 0 Å². The number of amides is 3. The van der Waals surface area contributed by atoms with E-state index in [9.17, 15) is 14.4 Å². The molecule has 0 atom stereocenters. The van der Waals surface area contributed by atoms with Crippen LogP contribution in [-0.2, 0) is 19.8 Å². The molecule has 6 nitrogen and oxygen atoms in total. The van der Waals surface area contributed by atoms with E-state index in [1.807, 2.05) is 9.80 Å². The summed E-state index contributed by atoms with van der Waals surface area (Å²) < 4.78 is 0. The van der Waals surface area contributed by atoms with Crippen molar-refractivity contribution < 1.29 is 14.4 Å². The van der Waals surface area contributed by atoms with Gasteiger partial charge in [-0.2, -0.15) is 0 Å². The Morgan fingerprint density at radius 2 is 1.07 bits per heavy atom. The molecule has 0 radical (unpaired) electrons. The second kappa shape index (κ2) is 6.90. The number of nitrogens with zero attached hydrogens (tertiary/aromatic N) is 3. The number of anilines is 3. The van der Waals surface area contributed by atoms with Crippen molar-refractivity contribution in [2.75, 3.05) is 34.3 Å². The summed E-state index contributed by atoms with van der Waals surface area (Å²) in [6.45, 7) is 8.36.